The Morgan fingerprint density at radius 2 is 2.11 bits per heavy atom. The van der Waals surface area contributed by atoms with Crippen molar-refractivity contribution in [2.75, 3.05) is 5.32 Å². The summed E-state index contributed by atoms with van der Waals surface area (Å²) in [6.45, 7) is 1.44. The van der Waals surface area contributed by atoms with E-state index >= 15 is 0 Å². The number of anilines is 2. The van der Waals surface area contributed by atoms with Gasteiger partial charge in [-0.05, 0) is 41.6 Å². The van der Waals surface area contributed by atoms with Gasteiger partial charge in [-0.1, -0.05) is 11.6 Å². The van der Waals surface area contributed by atoms with Gasteiger partial charge in [0.05, 0.1) is 14.3 Å². The van der Waals surface area contributed by atoms with Crippen LogP contribution < -0.4 is 5.32 Å². The van der Waals surface area contributed by atoms with Gasteiger partial charge in [-0.2, -0.15) is 0 Å². The number of hydrogen-bond donors (Lipinski definition) is 1. The maximum Gasteiger partial charge on any atom is 0.148 e. The summed E-state index contributed by atoms with van der Waals surface area (Å²) in [6, 6.07) is 3.43. The Bertz CT molecular complexity index is 547. The average molecular weight is 379 g/mol. The minimum absolute atomic E-state index is 0.363. The number of nitrogens with zero attached hydrogens (tertiary/aromatic N) is 3. The maximum absolute atomic E-state index is 13.3. The van der Waals surface area contributed by atoms with Crippen LogP contribution >= 0.6 is 34.2 Å². The molecule has 1 N–H and O–H groups in total. The molecule has 0 aliphatic rings. The van der Waals surface area contributed by atoms with Crippen LogP contribution in [0.1, 0.15) is 18.8 Å². The fourth-order valence-electron chi connectivity index (χ4n) is 1.32. The minimum atomic E-state index is -1.14. The second-order valence-electron chi connectivity index (χ2n) is 3.52. The van der Waals surface area contributed by atoms with E-state index in [0.29, 0.717) is 25.9 Å². The Labute approximate surface area is 122 Å². The fraction of sp³-hybridized carbons (Fsp3) is 0.182. The zero-order valence-electron chi connectivity index (χ0n) is 9.36. The minimum Gasteiger partial charge on any atom is -0.324 e. The van der Waals surface area contributed by atoms with Crippen LogP contribution in [0.15, 0.2) is 24.7 Å². The van der Waals surface area contributed by atoms with Gasteiger partial charge in [0, 0.05) is 6.20 Å². The molecule has 0 spiro atoms. The quantitative estimate of drug-likeness (QED) is 0.823. The predicted molar refractivity (Wildman–Crippen MR) is 76.8 cm³/mol. The summed E-state index contributed by atoms with van der Waals surface area (Å²) in [6.07, 6.45) is 1.71. The highest BCUT2D eigenvalue weighted by molar-refractivity contribution is 14.1. The molecular formula is C11H9ClFIN4. The molecule has 4 nitrogen and oxygen atoms in total. The molecule has 0 bridgehead atoms. The van der Waals surface area contributed by atoms with Crippen LogP contribution in [0.25, 0.3) is 0 Å². The second kappa shape index (κ2) is 5.75. The fourth-order valence-corrected chi connectivity index (χ4v) is 2.27. The van der Waals surface area contributed by atoms with Crippen molar-refractivity contribution in [3.05, 3.63) is 38.9 Å². The first-order chi connectivity index (χ1) is 8.58. The van der Waals surface area contributed by atoms with Crippen LogP contribution in [0.4, 0.5) is 16.0 Å². The molecule has 2 aromatic rings. The van der Waals surface area contributed by atoms with Crippen molar-refractivity contribution in [2.45, 2.75) is 13.1 Å². The standard InChI is InChI=1S/C11H9ClFIN4/c1-6(13)10-9(14)11(17-5-16-10)18-8-3-2-7(12)4-15-8/h2-6H,1H3,(H,15,16,17,18). The number of alkyl halides is 1. The van der Waals surface area contributed by atoms with Crippen molar-refractivity contribution in [2.24, 2.45) is 0 Å². The van der Waals surface area contributed by atoms with Crippen molar-refractivity contribution in [3.63, 3.8) is 0 Å². The molecule has 0 aromatic carbocycles. The van der Waals surface area contributed by atoms with E-state index in [9.17, 15) is 4.39 Å². The monoisotopic (exact) mass is 378 g/mol. The zero-order chi connectivity index (χ0) is 13.1. The molecule has 0 radical (unpaired) electrons. The first-order valence-corrected chi connectivity index (χ1v) is 6.56. The van der Waals surface area contributed by atoms with Crippen LogP contribution in [0.5, 0.6) is 0 Å². The number of nitrogens with one attached hydrogen (secondary N) is 1. The van der Waals surface area contributed by atoms with E-state index in [2.05, 4.69) is 20.3 Å². The van der Waals surface area contributed by atoms with Gasteiger partial charge in [0.25, 0.3) is 0 Å². The van der Waals surface area contributed by atoms with E-state index < -0.39 is 6.17 Å². The van der Waals surface area contributed by atoms with Crippen molar-refractivity contribution in [1.29, 1.82) is 0 Å². The van der Waals surface area contributed by atoms with Crippen LogP contribution in [0.3, 0.4) is 0 Å². The summed E-state index contributed by atoms with van der Waals surface area (Å²) >= 11 is 7.75. The van der Waals surface area contributed by atoms with E-state index in [4.69, 9.17) is 11.6 Å². The zero-order valence-corrected chi connectivity index (χ0v) is 12.3. The molecule has 94 valence electrons. The molecule has 1 atom stereocenters. The number of halogens is 3. The van der Waals surface area contributed by atoms with Crippen molar-refractivity contribution < 1.29 is 4.39 Å². The van der Waals surface area contributed by atoms with Gasteiger partial charge in [0.15, 0.2) is 0 Å². The lowest BCUT2D eigenvalue weighted by Crippen LogP contribution is -2.04. The molecule has 2 heterocycles. The van der Waals surface area contributed by atoms with Gasteiger partial charge in [-0.15, -0.1) is 0 Å². The SMILES string of the molecule is CC(F)c1ncnc(Nc2ccc(Cl)cn2)c1I. The third kappa shape index (κ3) is 3.05. The van der Waals surface area contributed by atoms with Crippen LogP contribution in [-0.4, -0.2) is 15.0 Å². The Morgan fingerprint density at radius 1 is 1.33 bits per heavy atom. The number of pyridine rings is 1. The molecule has 1 unspecified atom stereocenters. The predicted octanol–water partition coefficient (Wildman–Crippen LogP) is 3.90. The summed E-state index contributed by atoms with van der Waals surface area (Å²) in [5, 5.41) is 3.55. The van der Waals surface area contributed by atoms with Gasteiger partial charge in [-0.3, -0.25) is 0 Å². The van der Waals surface area contributed by atoms with Crippen LogP contribution in [0, 0.1) is 3.57 Å². The molecule has 0 saturated heterocycles. The molecule has 7 heteroatoms. The smallest absolute Gasteiger partial charge is 0.148 e. The summed E-state index contributed by atoms with van der Waals surface area (Å²) in [5.41, 5.74) is 0.363. The molecule has 18 heavy (non-hydrogen) atoms. The first kappa shape index (κ1) is 13.4. The Morgan fingerprint density at radius 3 is 2.72 bits per heavy atom. The normalized spacial score (nSPS) is 12.2. The van der Waals surface area contributed by atoms with Gasteiger partial charge < -0.3 is 5.32 Å². The summed E-state index contributed by atoms with van der Waals surface area (Å²) in [4.78, 5) is 12.1. The lowest BCUT2D eigenvalue weighted by molar-refractivity contribution is 0.364. The molecule has 0 aliphatic heterocycles. The molecule has 0 saturated carbocycles. The van der Waals surface area contributed by atoms with Gasteiger partial charge in [0.2, 0.25) is 0 Å². The first-order valence-electron chi connectivity index (χ1n) is 5.11. The summed E-state index contributed by atoms with van der Waals surface area (Å²) in [5.74, 6) is 1.12. The molecular weight excluding hydrogens is 370 g/mol. The molecule has 2 rings (SSSR count). The third-order valence-electron chi connectivity index (χ3n) is 2.17. The van der Waals surface area contributed by atoms with E-state index in [1.165, 1.54) is 19.4 Å². The van der Waals surface area contributed by atoms with Gasteiger partial charge >= 0.3 is 0 Å². The number of aromatic nitrogens is 3. The molecule has 2 aromatic heterocycles. The summed E-state index contributed by atoms with van der Waals surface area (Å²) in [7, 11) is 0. The van der Waals surface area contributed by atoms with E-state index in [1.54, 1.807) is 12.1 Å². The average Bonchev–Trinajstić information content (AvgIpc) is 2.34. The lowest BCUT2D eigenvalue weighted by Gasteiger charge is -2.10. The van der Waals surface area contributed by atoms with E-state index in [0.717, 1.165) is 0 Å². The Hall–Kier alpha value is -1.02. The van der Waals surface area contributed by atoms with Crippen LogP contribution in [-0.2, 0) is 0 Å². The van der Waals surface area contributed by atoms with Crippen molar-refractivity contribution in [3.8, 4) is 0 Å². The van der Waals surface area contributed by atoms with Crippen molar-refractivity contribution in [1.82, 2.24) is 15.0 Å². The van der Waals surface area contributed by atoms with Crippen LogP contribution in [0.2, 0.25) is 5.02 Å². The molecule has 0 amide bonds. The van der Waals surface area contributed by atoms with Crippen molar-refractivity contribution >= 4 is 45.8 Å². The Balaban J connectivity index is 2.29. The highest BCUT2D eigenvalue weighted by atomic mass is 127. The van der Waals surface area contributed by atoms with Gasteiger partial charge in [-0.25, -0.2) is 19.3 Å². The topological polar surface area (TPSA) is 50.7 Å². The summed E-state index contributed by atoms with van der Waals surface area (Å²) < 4.78 is 14.0. The molecule has 0 fully saturated rings. The van der Waals surface area contributed by atoms with Gasteiger partial charge in [0.1, 0.15) is 24.1 Å². The lowest BCUT2D eigenvalue weighted by atomic mass is 10.3. The number of hydrogen-bond acceptors (Lipinski definition) is 4. The second-order valence-corrected chi connectivity index (χ2v) is 5.04. The Kier molecular flexibility index (Phi) is 4.28. The molecule has 0 aliphatic carbocycles. The largest absolute Gasteiger partial charge is 0.324 e. The third-order valence-corrected chi connectivity index (χ3v) is 3.45. The van der Waals surface area contributed by atoms with E-state index in [-0.39, 0.29) is 0 Å². The van der Waals surface area contributed by atoms with E-state index in [1.807, 2.05) is 22.6 Å². The number of rotatable bonds is 3. The maximum atomic E-state index is 13.3. The highest BCUT2D eigenvalue weighted by Crippen LogP contribution is 2.26. The highest BCUT2D eigenvalue weighted by Gasteiger charge is 2.14.